The summed E-state index contributed by atoms with van der Waals surface area (Å²) >= 11 is 11.9. The Hall–Kier alpha value is -2.91. The van der Waals surface area contributed by atoms with Gasteiger partial charge in [0.05, 0.1) is 40.2 Å². The maximum absolute atomic E-state index is 14.4. The average molecular weight is 757 g/mol. The van der Waals surface area contributed by atoms with E-state index in [-0.39, 0.29) is 52.6 Å². The van der Waals surface area contributed by atoms with Gasteiger partial charge < -0.3 is 19.5 Å². The van der Waals surface area contributed by atoms with Gasteiger partial charge in [0.2, 0.25) is 10.0 Å². The van der Waals surface area contributed by atoms with Gasteiger partial charge in [0, 0.05) is 48.4 Å². The molecule has 3 aromatic rings. The topological polar surface area (TPSA) is 143 Å². The second kappa shape index (κ2) is 16.9. The van der Waals surface area contributed by atoms with Crippen molar-refractivity contribution < 1.29 is 36.2 Å². The predicted octanol–water partition coefficient (Wildman–Crippen LogP) is 5.91. The zero-order valence-corrected chi connectivity index (χ0v) is 31.0. The standard InChI is InChI=1S/C34H43Cl2N3O8S2/c1-23-20-39(24(2)22-40)34(41)31-19-28(37-48(42,43)29-13-8-26(35)9-14-29)12-17-32(31)47-25(3)7-5-6-18-46-33(23)21-38(4)49(44,45)30-15-10-27(36)11-16-30/h8-17,19,23-25,33,37,40H,5-7,18,20-22H2,1-4H3/t23-,24+,25-,33-/m1/s1. The Kier molecular flexibility index (Phi) is 13.4. The number of amides is 1. The first-order valence-corrected chi connectivity index (χ1v) is 19.6. The van der Waals surface area contributed by atoms with Crippen molar-refractivity contribution in [1.82, 2.24) is 9.21 Å². The van der Waals surface area contributed by atoms with Gasteiger partial charge in [0.1, 0.15) is 5.75 Å². The number of aliphatic hydroxyl groups excluding tert-OH is 1. The molecule has 0 bridgehead atoms. The number of nitrogens with one attached hydrogen (secondary N) is 1. The third kappa shape index (κ3) is 10.1. The number of ether oxygens (including phenoxy) is 2. The molecule has 1 aliphatic rings. The number of hydrogen-bond donors (Lipinski definition) is 2. The zero-order chi connectivity index (χ0) is 35.9. The number of fused-ring (bicyclic) bond motifs is 1. The number of anilines is 1. The van der Waals surface area contributed by atoms with E-state index in [9.17, 15) is 26.7 Å². The summed E-state index contributed by atoms with van der Waals surface area (Å²) in [6, 6.07) is 15.5. The molecule has 0 spiro atoms. The molecule has 4 rings (SSSR count). The Morgan fingerprint density at radius 2 is 1.57 bits per heavy atom. The smallest absolute Gasteiger partial charge is 0.261 e. The quantitative estimate of drug-likeness (QED) is 0.275. The van der Waals surface area contributed by atoms with E-state index in [1.807, 2.05) is 13.8 Å². The summed E-state index contributed by atoms with van der Waals surface area (Å²) in [6.07, 6.45) is 1.18. The Bertz CT molecular complexity index is 1790. The molecule has 1 amide bonds. The molecule has 15 heteroatoms. The molecule has 2 N–H and O–H groups in total. The number of aliphatic hydroxyl groups is 1. The summed E-state index contributed by atoms with van der Waals surface area (Å²) in [5, 5.41) is 11.0. The molecule has 268 valence electrons. The average Bonchev–Trinajstić information content (AvgIpc) is 3.06. The van der Waals surface area contributed by atoms with Gasteiger partial charge in [-0.3, -0.25) is 9.52 Å². The molecular formula is C34H43Cl2N3O8S2. The van der Waals surface area contributed by atoms with E-state index in [0.717, 1.165) is 6.42 Å². The molecule has 0 saturated heterocycles. The van der Waals surface area contributed by atoms with Crippen molar-refractivity contribution in [2.24, 2.45) is 5.92 Å². The van der Waals surface area contributed by atoms with Crippen molar-refractivity contribution in [2.75, 3.05) is 38.1 Å². The SMILES string of the molecule is C[C@@H]1CCCCO[C@H](CN(C)S(=O)(=O)c2ccc(Cl)cc2)[C@H](C)CN([C@@H](C)CO)C(=O)c2cc(NS(=O)(=O)c3ccc(Cl)cc3)ccc2O1. The normalized spacial score (nSPS) is 20.6. The first-order chi connectivity index (χ1) is 23.1. The van der Waals surface area contributed by atoms with Crippen LogP contribution < -0.4 is 9.46 Å². The van der Waals surface area contributed by atoms with Crippen molar-refractivity contribution >= 4 is 54.8 Å². The van der Waals surface area contributed by atoms with Crippen LogP contribution in [0.15, 0.2) is 76.5 Å². The lowest BCUT2D eigenvalue weighted by atomic mass is 10.0. The summed E-state index contributed by atoms with van der Waals surface area (Å²) in [7, 11) is -6.42. The molecule has 0 fully saturated rings. The van der Waals surface area contributed by atoms with Crippen LogP contribution in [-0.2, 0) is 24.8 Å². The Morgan fingerprint density at radius 3 is 2.18 bits per heavy atom. The Balaban J connectivity index is 1.67. The van der Waals surface area contributed by atoms with Crippen LogP contribution in [0.3, 0.4) is 0 Å². The van der Waals surface area contributed by atoms with E-state index < -0.39 is 44.0 Å². The molecule has 4 atom stereocenters. The highest BCUT2D eigenvalue weighted by Crippen LogP contribution is 2.30. The zero-order valence-electron chi connectivity index (χ0n) is 27.9. The third-order valence-corrected chi connectivity index (χ3v) is 12.1. The van der Waals surface area contributed by atoms with Crippen LogP contribution >= 0.6 is 23.2 Å². The van der Waals surface area contributed by atoms with Crippen LogP contribution in [0, 0.1) is 5.92 Å². The fourth-order valence-electron chi connectivity index (χ4n) is 5.41. The molecule has 0 saturated carbocycles. The number of carbonyl (C=O) groups is 1. The highest BCUT2D eigenvalue weighted by Gasteiger charge is 2.32. The lowest BCUT2D eigenvalue weighted by Crippen LogP contribution is -2.48. The number of hydrogen-bond acceptors (Lipinski definition) is 8. The number of likely N-dealkylation sites (N-methyl/N-ethyl adjacent to an activating group) is 1. The largest absolute Gasteiger partial charge is 0.490 e. The van der Waals surface area contributed by atoms with E-state index in [1.54, 1.807) is 13.0 Å². The number of rotatable bonds is 9. The molecule has 1 heterocycles. The van der Waals surface area contributed by atoms with Crippen LogP contribution in [0.5, 0.6) is 5.75 Å². The van der Waals surface area contributed by atoms with Crippen LogP contribution in [0.25, 0.3) is 0 Å². The minimum absolute atomic E-state index is 0.00776. The third-order valence-electron chi connectivity index (χ3n) is 8.39. The summed E-state index contributed by atoms with van der Waals surface area (Å²) in [5.74, 6) is -0.617. The maximum Gasteiger partial charge on any atom is 0.261 e. The fourth-order valence-corrected chi connectivity index (χ4v) is 7.90. The molecule has 0 aliphatic carbocycles. The molecule has 0 radical (unpaired) electrons. The van der Waals surface area contributed by atoms with Crippen LogP contribution in [0.4, 0.5) is 5.69 Å². The lowest BCUT2D eigenvalue weighted by Gasteiger charge is -2.35. The van der Waals surface area contributed by atoms with E-state index in [1.165, 1.54) is 76.9 Å². The second-order valence-electron chi connectivity index (χ2n) is 12.3. The fraction of sp³-hybridized carbons (Fsp3) is 0.441. The van der Waals surface area contributed by atoms with E-state index >= 15 is 0 Å². The minimum atomic E-state index is -4.02. The van der Waals surface area contributed by atoms with Gasteiger partial charge in [0.25, 0.3) is 15.9 Å². The van der Waals surface area contributed by atoms with Crippen molar-refractivity contribution in [3.63, 3.8) is 0 Å². The van der Waals surface area contributed by atoms with Crippen LogP contribution in [-0.4, -0.2) is 88.7 Å². The first-order valence-electron chi connectivity index (χ1n) is 16.0. The Morgan fingerprint density at radius 1 is 0.959 bits per heavy atom. The number of sulfonamides is 2. The number of nitrogens with zero attached hydrogens (tertiary/aromatic N) is 2. The van der Waals surface area contributed by atoms with Crippen LogP contribution in [0.1, 0.15) is 50.4 Å². The minimum Gasteiger partial charge on any atom is -0.490 e. The summed E-state index contributed by atoms with van der Waals surface area (Å²) in [6.45, 7) is 5.55. The van der Waals surface area contributed by atoms with E-state index in [0.29, 0.717) is 29.5 Å². The second-order valence-corrected chi connectivity index (χ2v) is 16.9. The van der Waals surface area contributed by atoms with Crippen molar-refractivity contribution in [3.8, 4) is 5.75 Å². The maximum atomic E-state index is 14.4. The first kappa shape index (κ1) is 38.9. The Labute approximate surface area is 299 Å². The highest BCUT2D eigenvalue weighted by atomic mass is 35.5. The monoisotopic (exact) mass is 755 g/mol. The van der Waals surface area contributed by atoms with Gasteiger partial charge in [0.15, 0.2) is 0 Å². The molecule has 0 unspecified atom stereocenters. The molecule has 3 aromatic carbocycles. The molecule has 1 aliphatic heterocycles. The van der Waals surface area contributed by atoms with Crippen LogP contribution in [0.2, 0.25) is 10.0 Å². The van der Waals surface area contributed by atoms with Gasteiger partial charge >= 0.3 is 0 Å². The summed E-state index contributed by atoms with van der Waals surface area (Å²) in [4.78, 5) is 15.9. The molecule has 11 nitrogen and oxygen atoms in total. The van der Waals surface area contributed by atoms with Gasteiger partial charge in [-0.2, -0.15) is 4.31 Å². The number of carbonyl (C=O) groups excluding carboxylic acids is 1. The highest BCUT2D eigenvalue weighted by molar-refractivity contribution is 7.92. The van der Waals surface area contributed by atoms with Crippen molar-refractivity contribution in [2.45, 2.75) is 68.1 Å². The van der Waals surface area contributed by atoms with Gasteiger partial charge in [-0.05, 0) is 99.8 Å². The summed E-state index contributed by atoms with van der Waals surface area (Å²) in [5.41, 5.74) is 0.243. The molecule has 49 heavy (non-hydrogen) atoms. The van der Waals surface area contributed by atoms with E-state index in [4.69, 9.17) is 32.7 Å². The van der Waals surface area contributed by atoms with Gasteiger partial charge in [-0.15, -0.1) is 0 Å². The molecular weight excluding hydrogens is 713 g/mol. The lowest BCUT2D eigenvalue weighted by molar-refractivity contribution is -0.00833. The van der Waals surface area contributed by atoms with E-state index in [2.05, 4.69) is 4.72 Å². The van der Waals surface area contributed by atoms with Gasteiger partial charge in [-0.25, -0.2) is 16.8 Å². The molecule has 0 aromatic heterocycles. The predicted molar refractivity (Wildman–Crippen MR) is 190 cm³/mol. The number of benzene rings is 3. The van der Waals surface area contributed by atoms with Crippen molar-refractivity contribution in [1.29, 1.82) is 0 Å². The van der Waals surface area contributed by atoms with Gasteiger partial charge in [-0.1, -0.05) is 30.1 Å². The number of halogens is 2. The summed E-state index contributed by atoms with van der Waals surface area (Å²) < 4.78 is 69.5. The van der Waals surface area contributed by atoms with Crippen molar-refractivity contribution in [3.05, 3.63) is 82.3 Å².